The van der Waals surface area contributed by atoms with Crippen molar-refractivity contribution in [3.63, 3.8) is 0 Å². The molecule has 0 saturated heterocycles. The molecule has 0 radical (unpaired) electrons. The molecule has 2 atom stereocenters. The van der Waals surface area contributed by atoms with E-state index in [0.29, 0.717) is 12.0 Å². The molecule has 0 amide bonds. The van der Waals surface area contributed by atoms with Gasteiger partial charge in [0.25, 0.3) is 0 Å². The second-order valence-corrected chi connectivity index (χ2v) is 5.36. The summed E-state index contributed by atoms with van der Waals surface area (Å²) in [6, 6.07) is 8.84. The van der Waals surface area contributed by atoms with Crippen molar-refractivity contribution in [1.29, 1.82) is 0 Å². The van der Waals surface area contributed by atoms with Crippen molar-refractivity contribution in [2.75, 3.05) is 13.1 Å². The molecule has 2 heteroatoms. The largest absolute Gasteiger partial charge is 0.374 e. The number of likely N-dealkylation sites (N-methyl/N-ethyl adjacent to an activating group) is 1. The highest BCUT2D eigenvalue weighted by Gasteiger charge is 2.05. The van der Waals surface area contributed by atoms with E-state index < -0.39 is 0 Å². The maximum Gasteiger partial charge on any atom is 0.0720 e. The highest BCUT2D eigenvalue weighted by molar-refractivity contribution is 5.24. The van der Waals surface area contributed by atoms with E-state index in [1.807, 2.05) is 0 Å². The fraction of sp³-hybridized carbons (Fsp3) is 0.647. The molecule has 19 heavy (non-hydrogen) atoms. The Morgan fingerprint density at radius 2 is 1.79 bits per heavy atom. The minimum absolute atomic E-state index is 0.359. The molecule has 1 N–H and O–H groups in total. The molecule has 108 valence electrons. The summed E-state index contributed by atoms with van der Waals surface area (Å²) in [5, 5.41) is 3.39. The Morgan fingerprint density at radius 3 is 2.37 bits per heavy atom. The number of benzene rings is 1. The Balaban J connectivity index is 2.42. The molecule has 2 unspecified atom stereocenters. The van der Waals surface area contributed by atoms with E-state index in [9.17, 15) is 0 Å². The van der Waals surface area contributed by atoms with E-state index in [0.717, 1.165) is 26.1 Å². The summed E-state index contributed by atoms with van der Waals surface area (Å²) in [6.45, 7) is 11.5. The predicted octanol–water partition coefficient (Wildman–Crippen LogP) is 4.10. The van der Waals surface area contributed by atoms with Gasteiger partial charge < -0.3 is 10.1 Å². The van der Waals surface area contributed by atoms with Gasteiger partial charge in [0.1, 0.15) is 0 Å². The van der Waals surface area contributed by atoms with E-state index in [4.69, 9.17) is 4.74 Å². The van der Waals surface area contributed by atoms with Crippen LogP contribution in [0.3, 0.4) is 0 Å². The van der Waals surface area contributed by atoms with E-state index in [-0.39, 0.29) is 0 Å². The van der Waals surface area contributed by atoms with Crippen LogP contribution in [0.25, 0.3) is 0 Å². The van der Waals surface area contributed by atoms with E-state index in [2.05, 4.69) is 57.3 Å². The summed E-state index contributed by atoms with van der Waals surface area (Å²) in [5.74, 6) is 0.564. The first-order valence-corrected chi connectivity index (χ1v) is 7.58. The van der Waals surface area contributed by atoms with Gasteiger partial charge in [0.2, 0.25) is 0 Å². The lowest BCUT2D eigenvalue weighted by Gasteiger charge is -2.14. The minimum atomic E-state index is 0.359. The number of hydrogen-bond donors (Lipinski definition) is 1. The van der Waals surface area contributed by atoms with Crippen LogP contribution in [-0.2, 0) is 11.3 Å². The molecule has 0 saturated carbocycles. The summed E-state index contributed by atoms with van der Waals surface area (Å²) in [6.07, 6.45) is 2.68. The molecule has 0 aromatic heterocycles. The van der Waals surface area contributed by atoms with Crippen LogP contribution in [0.1, 0.15) is 57.6 Å². The molecule has 1 aromatic rings. The lowest BCUT2D eigenvalue weighted by Crippen LogP contribution is -2.19. The molecular formula is C17H29NO. The van der Waals surface area contributed by atoms with E-state index in [1.54, 1.807) is 0 Å². The minimum Gasteiger partial charge on any atom is -0.374 e. The fourth-order valence-electron chi connectivity index (χ4n) is 2.15. The summed E-state index contributed by atoms with van der Waals surface area (Å²) >= 11 is 0. The topological polar surface area (TPSA) is 21.3 Å². The zero-order valence-corrected chi connectivity index (χ0v) is 12.9. The third-order valence-electron chi connectivity index (χ3n) is 3.48. The maximum absolute atomic E-state index is 5.82. The average molecular weight is 263 g/mol. The standard InChI is InChI=1S/C17H29NO/c1-5-7-15(4)19-13-16-8-10-17(11-9-16)14(3)12-18-6-2/h8-11,14-15,18H,5-7,12-13H2,1-4H3. The lowest BCUT2D eigenvalue weighted by molar-refractivity contribution is 0.0472. The number of nitrogens with one attached hydrogen (secondary N) is 1. The first-order valence-electron chi connectivity index (χ1n) is 7.58. The van der Waals surface area contributed by atoms with Crippen LogP contribution >= 0.6 is 0 Å². The van der Waals surface area contributed by atoms with Gasteiger partial charge in [-0.1, -0.05) is 51.5 Å². The van der Waals surface area contributed by atoms with Gasteiger partial charge in [-0.15, -0.1) is 0 Å². The molecule has 0 spiro atoms. The predicted molar refractivity (Wildman–Crippen MR) is 82.6 cm³/mol. The Labute approximate surface area is 118 Å². The SMILES string of the molecule is CCCC(C)OCc1ccc(C(C)CNCC)cc1. The van der Waals surface area contributed by atoms with Crippen molar-refractivity contribution < 1.29 is 4.74 Å². The van der Waals surface area contributed by atoms with E-state index >= 15 is 0 Å². The second kappa shape index (κ2) is 9.11. The van der Waals surface area contributed by atoms with Crippen LogP contribution in [-0.4, -0.2) is 19.2 Å². The summed E-state index contributed by atoms with van der Waals surface area (Å²) < 4.78 is 5.82. The Morgan fingerprint density at radius 1 is 1.11 bits per heavy atom. The molecule has 0 fully saturated rings. The van der Waals surface area contributed by atoms with Gasteiger partial charge in [0, 0.05) is 6.54 Å². The van der Waals surface area contributed by atoms with Crippen molar-refractivity contribution in [2.45, 2.75) is 59.2 Å². The van der Waals surface area contributed by atoms with E-state index in [1.165, 1.54) is 17.5 Å². The van der Waals surface area contributed by atoms with Gasteiger partial charge >= 0.3 is 0 Å². The average Bonchev–Trinajstić information content (AvgIpc) is 2.43. The smallest absolute Gasteiger partial charge is 0.0720 e. The van der Waals surface area contributed by atoms with Gasteiger partial charge in [-0.05, 0) is 36.9 Å². The highest BCUT2D eigenvalue weighted by atomic mass is 16.5. The first kappa shape index (κ1) is 16.2. The molecular weight excluding hydrogens is 234 g/mol. The van der Waals surface area contributed by atoms with Crippen LogP contribution in [0.4, 0.5) is 0 Å². The summed E-state index contributed by atoms with van der Waals surface area (Å²) in [5.41, 5.74) is 2.66. The molecule has 0 aliphatic carbocycles. The molecule has 1 aromatic carbocycles. The van der Waals surface area contributed by atoms with Crippen LogP contribution < -0.4 is 5.32 Å². The van der Waals surface area contributed by atoms with Gasteiger partial charge in [0.15, 0.2) is 0 Å². The highest BCUT2D eigenvalue weighted by Crippen LogP contribution is 2.16. The van der Waals surface area contributed by atoms with Crippen molar-refractivity contribution in [2.24, 2.45) is 0 Å². The summed E-state index contributed by atoms with van der Waals surface area (Å²) in [4.78, 5) is 0. The van der Waals surface area contributed by atoms with Crippen LogP contribution in [0.5, 0.6) is 0 Å². The fourth-order valence-corrected chi connectivity index (χ4v) is 2.15. The van der Waals surface area contributed by atoms with Crippen molar-refractivity contribution >= 4 is 0 Å². The Hall–Kier alpha value is -0.860. The zero-order chi connectivity index (χ0) is 14.1. The Kier molecular flexibility index (Phi) is 7.76. The molecule has 0 bridgehead atoms. The van der Waals surface area contributed by atoms with Crippen molar-refractivity contribution in [3.05, 3.63) is 35.4 Å². The Bertz CT molecular complexity index is 334. The lowest BCUT2D eigenvalue weighted by atomic mass is 10.00. The summed E-state index contributed by atoms with van der Waals surface area (Å²) in [7, 11) is 0. The van der Waals surface area contributed by atoms with Gasteiger partial charge in [-0.25, -0.2) is 0 Å². The molecule has 2 nitrogen and oxygen atoms in total. The third kappa shape index (κ3) is 6.22. The molecule has 0 aliphatic heterocycles. The maximum atomic E-state index is 5.82. The number of rotatable bonds is 9. The molecule has 0 aliphatic rings. The quantitative estimate of drug-likeness (QED) is 0.724. The zero-order valence-electron chi connectivity index (χ0n) is 12.9. The van der Waals surface area contributed by atoms with Crippen molar-refractivity contribution in [3.8, 4) is 0 Å². The van der Waals surface area contributed by atoms with Crippen molar-refractivity contribution in [1.82, 2.24) is 5.32 Å². The van der Waals surface area contributed by atoms with Crippen LogP contribution in [0.15, 0.2) is 24.3 Å². The third-order valence-corrected chi connectivity index (χ3v) is 3.48. The molecule has 1 rings (SSSR count). The normalized spacial score (nSPS) is 14.3. The van der Waals surface area contributed by atoms with Gasteiger partial charge in [-0.2, -0.15) is 0 Å². The number of ether oxygens (including phenoxy) is 1. The first-order chi connectivity index (χ1) is 9.17. The van der Waals surface area contributed by atoms with Crippen LogP contribution in [0.2, 0.25) is 0 Å². The van der Waals surface area contributed by atoms with Crippen LogP contribution in [0, 0.1) is 0 Å². The second-order valence-electron chi connectivity index (χ2n) is 5.36. The van der Waals surface area contributed by atoms with Gasteiger partial charge in [-0.3, -0.25) is 0 Å². The molecule has 0 heterocycles. The number of hydrogen-bond acceptors (Lipinski definition) is 2. The monoisotopic (exact) mass is 263 g/mol. The van der Waals surface area contributed by atoms with Gasteiger partial charge in [0.05, 0.1) is 12.7 Å².